The summed E-state index contributed by atoms with van der Waals surface area (Å²) in [6.07, 6.45) is 0.569. The van der Waals surface area contributed by atoms with Gasteiger partial charge in [-0.25, -0.2) is 4.79 Å². The van der Waals surface area contributed by atoms with Crippen LogP contribution in [0.5, 0.6) is 0 Å². The molecule has 0 aromatic carbocycles. The van der Waals surface area contributed by atoms with Gasteiger partial charge in [0, 0.05) is 19.6 Å². The molecule has 0 rings (SSSR count). The van der Waals surface area contributed by atoms with E-state index in [4.69, 9.17) is 23.7 Å². The maximum absolute atomic E-state index is 11.4. The molecular formula is C17H33NO7. The quantitative estimate of drug-likeness (QED) is 0.372. The van der Waals surface area contributed by atoms with Crippen molar-refractivity contribution in [3.63, 3.8) is 0 Å². The molecule has 0 heterocycles. The summed E-state index contributed by atoms with van der Waals surface area (Å²) in [6.45, 7) is 10.8. The Hall–Kier alpha value is -1.38. The highest BCUT2D eigenvalue weighted by Gasteiger charge is 2.15. The first-order valence-electron chi connectivity index (χ1n) is 8.71. The predicted octanol–water partition coefficient (Wildman–Crippen LogP) is 1.90. The van der Waals surface area contributed by atoms with Crippen molar-refractivity contribution in [1.82, 2.24) is 5.32 Å². The summed E-state index contributed by atoms with van der Waals surface area (Å²) < 4.78 is 25.9. The van der Waals surface area contributed by atoms with Crippen molar-refractivity contribution in [1.29, 1.82) is 0 Å². The smallest absolute Gasteiger partial charge is 0.407 e. The van der Waals surface area contributed by atoms with Crippen molar-refractivity contribution in [3.8, 4) is 0 Å². The molecule has 0 atom stereocenters. The van der Waals surface area contributed by atoms with Crippen LogP contribution in [0.3, 0.4) is 0 Å². The van der Waals surface area contributed by atoms with E-state index in [1.165, 1.54) is 0 Å². The Morgan fingerprint density at radius 2 is 1.44 bits per heavy atom. The van der Waals surface area contributed by atoms with E-state index in [1.54, 1.807) is 6.92 Å². The first-order chi connectivity index (χ1) is 11.8. The normalized spacial score (nSPS) is 11.2. The van der Waals surface area contributed by atoms with Gasteiger partial charge in [0.25, 0.3) is 0 Å². The lowest BCUT2D eigenvalue weighted by Crippen LogP contribution is -2.34. The van der Waals surface area contributed by atoms with E-state index in [1.807, 2.05) is 20.8 Å². The minimum absolute atomic E-state index is 0.194. The van der Waals surface area contributed by atoms with Gasteiger partial charge in [-0.3, -0.25) is 4.79 Å². The molecule has 0 spiro atoms. The molecule has 0 saturated heterocycles. The highest BCUT2D eigenvalue weighted by Crippen LogP contribution is 2.06. The number of esters is 1. The number of rotatable bonds is 14. The van der Waals surface area contributed by atoms with Gasteiger partial charge >= 0.3 is 12.1 Å². The van der Waals surface area contributed by atoms with E-state index in [2.05, 4.69) is 5.32 Å². The van der Waals surface area contributed by atoms with Crippen LogP contribution >= 0.6 is 0 Å². The number of carbonyl (C=O) groups excluding carboxylic acids is 2. The van der Waals surface area contributed by atoms with E-state index >= 15 is 0 Å². The Labute approximate surface area is 150 Å². The number of carbonyl (C=O) groups is 2. The standard InChI is InChI=1S/C17H33NO7/c1-5-24-15(19)7-6-9-21-11-13-23-14-12-22-10-8-18-16(20)25-17(2,3)4/h5-14H2,1-4H3,(H,18,20). The summed E-state index contributed by atoms with van der Waals surface area (Å²) in [7, 11) is 0. The lowest BCUT2D eigenvalue weighted by atomic mass is 10.2. The fraction of sp³-hybridized carbons (Fsp3) is 0.882. The van der Waals surface area contributed by atoms with Crippen molar-refractivity contribution >= 4 is 12.1 Å². The van der Waals surface area contributed by atoms with E-state index in [-0.39, 0.29) is 5.97 Å². The highest BCUT2D eigenvalue weighted by molar-refractivity contribution is 5.69. The second kappa shape index (κ2) is 14.9. The maximum Gasteiger partial charge on any atom is 0.407 e. The molecule has 0 unspecified atom stereocenters. The zero-order valence-corrected chi connectivity index (χ0v) is 15.9. The monoisotopic (exact) mass is 363 g/mol. The van der Waals surface area contributed by atoms with Crippen LogP contribution in [0.1, 0.15) is 40.5 Å². The molecule has 8 heteroatoms. The summed E-state index contributed by atoms with van der Waals surface area (Å²) >= 11 is 0. The van der Waals surface area contributed by atoms with Crippen LogP contribution in [0.25, 0.3) is 0 Å². The van der Waals surface area contributed by atoms with Gasteiger partial charge in [-0.1, -0.05) is 0 Å². The van der Waals surface area contributed by atoms with Gasteiger partial charge in [-0.2, -0.15) is 0 Å². The van der Waals surface area contributed by atoms with Gasteiger partial charge in [-0.15, -0.1) is 0 Å². The number of hydrogen-bond acceptors (Lipinski definition) is 7. The summed E-state index contributed by atoms with van der Waals surface area (Å²) in [4.78, 5) is 22.4. The molecule has 1 amide bonds. The number of amides is 1. The molecule has 0 saturated carbocycles. The third kappa shape index (κ3) is 18.8. The number of ether oxygens (including phenoxy) is 5. The molecule has 0 fully saturated rings. The van der Waals surface area contributed by atoms with Gasteiger partial charge in [0.2, 0.25) is 0 Å². The Morgan fingerprint density at radius 1 is 0.880 bits per heavy atom. The zero-order valence-electron chi connectivity index (χ0n) is 15.9. The van der Waals surface area contributed by atoms with Crippen LogP contribution in [0.15, 0.2) is 0 Å². The molecule has 0 bridgehead atoms. The van der Waals surface area contributed by atoms with Crippen LogP contribution < -0.4 is 5.32 Å². The Balaban J connectivity index is 3.22. The van der Waals surface area contributed by atoms with Crippen LogP contribution in [0.4, 0.5) is 4.79 Å². The van der Waals surface area contributed by atoms with Crippen LogP contribution in [-0.2, 0) is 28.5 Å². The third-order valence-corrected chi connectivity index (χ3v) is 2.63. The minimum atomic E-state index is -0.500. The molecule has 0 aliphatic heterocycles. The lowest BCUT2D eigenvalue weighted by molar-refractivity contribution is -0.143. The SMILES string of the molecule is CCOC(=O)CCCOCCOCCOCCNC(=O)OC(C)(C)C. The Bertz CT molecular complexity index is 355. The van der Waals surface area contributed by atoms with Gasteiger partial charge in [0.1, 0.15) is 5.60 Å². The molecule has 0 aromatic heterocycles. The average molecular weight is 363 g/mol. The fourth-order valence-corrected chi connectivity index (χ4v) is 1.63. The molecule has 1 N–H and O–H groups in total. The van der Waals surface area contributed by atoms with Gasteiger partial charge < -0.3 is 29.0 Å². The molecule has 25 heavy (non-hydrogen) atoms. The average Bonchev–Trinajstić information content (AvgIpc) is 2.50. The van der Waals surface area contributed by atoms with E-state index in [9.17, 15) is 9.59 Å². The second-order valence-corrected chi connectivity index (χ2v) is 6.17. The van der Waals surface area contributed by atoms with Gasteiger partial charge in [-0.05, 0) is 34.1 Å². The zero-order chi connectivity index (χ0) is 19.0. The molecular weight excluding hydrogens is 330 g/mol. The Kier molecular flexibility index (Phi) is 14.1. The van der Waals surface area contributed by atoms with Gasteiger partial charge in [0.15, 0.2) is 0 Å². The van der Waals surface area contributed by atoms with E-state index in [0.29, 0.717) is 65.6 Å². The molecule has 8 nitrogen and oxygen atoms in total. The third-order valence-electron chi connectivity index (χ3n) is 2.63. The number of alkyl carbamates (subject to hydrolysis) is 1. The number of nitrogens with one attached hydrogen (secondary N) is 1. The number of hydrogen-bond donors (Lipinski definition) is 1. The minimum Gasteiger partial charge on any atom is -0.466 e. The summed E-state index contributed by atoms with van der Waals surface area (Å²) in [5.41, 5.74) is -0.500. The molecule has 0 radical (unpaired) electrons. The van der Waals surface area contributed by atoms with Crippen molar-refractivity contribution in [2.24, 2.45) is 0 Å². The topological polar surface area (TPSA) is 92.3 Å². The van der Waals surface area contributed by atoms with Crippen molar-refractivity contribution in [3.05, 3.63) is 0 Å². The molecule has 148 valence electrons. The van der Waals surface area contributed by atoms with Crippen LogP contribution in [0.2, 0.25) is 0 Å². The Morgan fingerprint density at radius 3 is 2.00 bits per heavy atom. The van der Waals surface area contributed by atoms with Crippen LogP contribution in [-0.4, -0.2) is 70.5 Å². The lowest BCUT2D eigenvalue weighted by Gasteiger charge is -2.19. The molecule has 0 aliphatic carbocycles. The summed E-state index contributed by atoms with van der Waals surface area (Å²) in [5, 5.41) is 2.61. The highest BCUT2D eigenvalue weighted by atomic mass is 16.6. The summed E-state index contributed by atoms with van der Waals surface area (Å²) in [6, 6.07) is 0. The van der Waals surface area contributed by atoms with Crippen LogP contribution in [0, 0.1) is 0 Å². The van der Waals surface area contributed by atoms with E-state index < -0.39 is 11.7 Å². The first-order valence-corrected chi connectivity index (χ1v) is 8.71. The predicted molar refractivity (Wildman–Crippen MR) is 92.6 cm³/mol. The largest absolute Gasteiger partial charge is 0.466 e. The summed E-state index contributed by atoms with van der Waals surface area (Å²) in [5.74, 6) is -0.194. The fourth-order valence-electron chi connectivity index (χ4n) is 1.63. The second-order valence-electron chi connectivity index (χ2n) is 6.17. The van der Waals surface area contributed by atoms with Gasteiger partial charge in [0.05, 0.1) is 39.6 Å². The first kappa shape index (κ1) is 23.6. The van der Waals surface area contributed by atoms with E-state index in [0.717, 1.165) is 0 Å². The van der Waals surface area contributed by atoms with Crippen molar-refractivity contribution < 1.29 is 33.3 Å². The maximum atomic E-state index is 11.4. The molecule has 0 aromatic rings. The molecule has 0 aliphatic rings. The van der Waals surface area contributed by atoms with Crippen molar-refractivity contribution in [2.75, 3.05) is 52.8 Å². The van der Waals surface area contributed by atoms with Crippen molar-refractivity contribution in [2.45, 2.75) is 46.1 Å².